The molecule has 0 aliphatic heterocycles. The SMILES string of the molecule is CCC(C)(C)NC(=O)C(C)Nc1ccc(F)c(C#N)c1. The Morgan fingerprint density at radius 3 is 2.70 bits per heavy atom. The zero-order valence-electron chi connectivity index (χ0n) is 12.2. The van der Waals surface area contributed by atoms with Crippen molar-refractivity contribution in [1.82, 2.24) is 5.32 Å². The van der Waals surface area contributed by atoms with Gasteiger partial charge in [-0.3, -0.25) is 4.79 Å². The molecule has 1 atom stereocenters. The molecule has 0 saturated heterocycles. The van der Waals surface area contributed by atoms with Crippen LogP contribution in [0.4, 0.5) is 10.1 Å². The Kier molecular flexibility index (Phi) is 5.09. The number of anilines is 1. The van der Waals surface area contributed by atoms with Gasteiger partial charge in [0.15, 0.2) is 0 Å². The van der Waals surface area contributed by atoms with E-state index in [1.807, 2.05) is 20.8 Å². The van der Waals surface area contributed by atoms with Gasteiger partial charge in [-0.2, -0.15) is 5.26 Å². The molecule has 1 aromatic rings. The van der Waals surface area contributed by atoms with Gasteiger partial charge >= 0.3 is 0 Å². The average Bonchev–Trinajstić information content (AvgIpc) is 2.40. The van der Waals surface area contributed by atoms with Crippen LogP contribution in [0.3, 0.4) is 0 Å². The van der Waals surface area contributed by atoms with Crippen LogP contribution in [0, 0.1) is 17.1 Å². The van der Waals surface area contributed by atoms with E-state index in [4.69, 9.17) is 5.26 Å². The van der Waals surface area contributed by atoms with Crippen LogP contribution in [0.5, 0.6) is 0 Å². The summed E-state index contributed by atoms with van der Waals surface area (Å²) in [6.07, 6.45) is 0.820. The van der Waals surface area contributed by atoms with Crippen molar-refractivity contribution in [2.45, 2.75) is 45.7 Å². The van der Waals surface area contributed by atoms with E-state index in [9.17, 15) is 9.18 Å². The fourth-order valence-corrected chi connectivity index (χ4v) is 1.55. The molecule has 1 unspecified atom stereocenters. The third-order valence-electron chi connectivity index (χ3n) is 3.21. The first-order chi connectivity index (χ1) is 9.29. The number of halogens is 1. The lowest BCUT2D eigenvalue weighted by Gasteiger charge is -2.27. The molecule has 1 aromatic carbocycles. The fourth-order valence-electron chi connectivity index (χ4n) is 1.55. The van der Waals surface area contributed by atoms with Crippen molar-refractivity contribution in [2.75, 3.05) is 5.32 Å². The second-order valence-electron chi connectivity index (χ2n) is 5.40. The predicted molar refractivity (Wildman–Crippen MR) is 76.7 cm³/mol. The summed E-state index contributed by atoms with van der Waals surface area (Å²) in [4.78, 5) is 12.0. The fraction of sp³-hybridized carbons (Fsp3) is 0.467. The van der Waals surface area contributed by atoms with Crippen molar-refractivity contribution in [2.24, 2.45) is 0 Å². The normalized spacial score (nSPS) is 12.4. The summed E-state index contributed by atoms with van der Waals surface area (Å²) in [5, 5.41) is 14.7. The minimum absolute atomic E-state index is 0.0449. The molecule has 2 N–H and O–H groups in total. The van der Waals surface area contributed by atoms with Crippen molar-refractivity contribution >= 4 is 11.6 Å². The number of benzene rings is 1. The molecular formula is C15H20FN3O. The second-order valence-corrected chi connectivity index (χ2v) is 5.40. The number of hydrogen-bond acceptors (Lipinski definition) is 3. The first-order valence-electron chi connectivity index (χ1n) is 6.57. The van der Waals surface area contributed by atoms with E-state index in [2.05, 4.69) is 10.6 Å². The molecule has 0 fully saturated rings. The van der Waals surface area contributed by atoms with Crippen LogP contribution in [-0.4, -0.2) is 17.5 Å². The molecule has 1 rings (SSSR count). The van der Waals surface area contributed by atoms with Crippen molar-refractivity contribution in [3.8, 4) is 6.07 Å². The molecule has 0 aliphatic rings. The quantitative estimate of drug-likeness (QED) is 0.869. The summed E-state index contributed by atoms with van der Waals surface area (Å²) < 4.78 is 13.2. The van der Waals surface area contributed by atoms with Crippen LogP contribution in [0.2, 0.25) is 0 Å². The van der Waals surface area contributed by atoms with Gasteiger partial charge in [-0.1, -0.05) is 6.92 Å². The number of hydrogen-bond donors (Lipinski definition) is 2. The van der Waals surface area contributed by atoms with Crippen LogP contribution >= 0.6 is 0 Å². The Bertz CT molecular complexity index is 534. The van der Waals surface area contributed by atoms with Gasteiger partial charge in [-0.05, 0) is 45.4 Å². The highest BCUT2D eigenvalue weighted by Gasteiger charge is 2.21. The lowest BCUT2D eigenvalue weighted by atomic mass is 10.0. The van der Waals surface area contributed by atoms with Crippen LogP contribution in [0.15, 0.2) is 18.2 Å². The van der Waals surface area contributed by atoms with E-state index in [0.29, 0.717) is 5.69 Å². The topological polar surface area (TPSA) is 64.9 Å². The molecule has 0 radical (unpaired) electrons. The van der Waals surface area contributed by atoms with Gasteiger partial charge in [-0.25, -0.2) is 4.39 Å². The van der Waals surface area contributed by atoms with E-state index >= 15 is 0 Å². The predicted octanol–water partition coefficient (Wildman–Crippen LogP) is 2.80. The van der Waals surface area contributed by atoms with Gasteiger partial charge in [0, 0.05) is 11.2 Å². The minimum Gasteiger partial charge on any atom is -0.374 e. The van der Waals surface area contributed by atoms with Gasteiger partial charge in [0.25, 0.3) is 0 Å². The molecule has 4 nitrogen and oxygen atoms in total. The van der Waals surface area contributed by atoms with Gasteiger partial charge in [-0.15, -0.1) is 0 Å². The van der Waals surface area contributed by atoms with Gasteiger partial charge in [0.1, 0.15) is 17.9 Å². The number of nitriles is 1. The molecule has 0 bridgehead atoms. The largest absolute Gasteiger partial charge is 0.374 e. The summed E-state index contributed by atoms with van der Waals surface area (Å²) in [5.41, 5.74) is 0.226. The summed E-state index contributed by atoms with van der Waals surface area (Å²) in [7, 11) is 0. The first kappa shape index (κ1) is 16.0. The van der Waals surface area contributed by atoms with Crippen molar-refractivity contribution in [3.63, 3.8) is 0 Å². The molecule has 0 aliphatic carbocycles. The Labute approximate surface area is 119 Å². The molecule has 0 saturated carbocycles. The number of nitrogens with zero attached hydrogens (tertiary/aromatic N) is 1. The van der Waals surface area contributed by atoms with E-state index in [0.717, 1.165) is 6.42 Å². The standard InChI is InChI=1S/C15H20FN3O/c1-5-15(3,4)19-14(20)10(2)18-12-6-7-13(16)11(8-12)9-17/h6-8,10,18H,5H2,1-4H3,(H,19,20). The van der Waals surface area contributed by atoms with Crippen molar-refractivity contribution in [1.29, 1.82) is 5.26 Å². The van der Waals surface area contributed by atoms with Crippen LogP contribution in [0.25, 0.3) is 0 Å². The van der Waals surface area contributed by atoms with E-state index in [1.165, 1.54) is 18.2 Å². The summed E-state index contributed by atoms with van der Waals surface area (Å²) in [6.45, 7) is 7.61. The van der Waals surface area contributed by atoms with E-state index in [-0.39, 0.29) is 17.0 Å². The van der Waals surface area contributed by atoms with Gasteiger partial charge in [0.05, 0.1) is 5.56 Å². The van der Waals surface area contributed by atoms with E-state index in [1.54, 1.807) is 13.0 Å². The molecule has 0 aromatic heterocycles. The van der Waals surface area contributed by atoms with Crippen LogP contribution in [-0.2, 0) is 4.79 Å². The van der Waals surface area contributed by atoms with Crippen molar-refractivity contribution in [3.05, 3.63) is 29.6 Å². The third kappa shape index (κ3) is 4.23. The lowest BCUT2D eigenvalue weighted by Crippen LogP contribution is -2.48. The average molecular weight is 277 g/mol. The maximum Gasteiger partial charge on any atom is 0.242 e. The Balaban J connectivity index is 2.74. The van der Waals surface area contributed by atoms with Gasteiger partial charge in [0.2, 0.25) is 5.91 Å². The highest BCUT2D eigenvalue weighted by molar-refractivity contribution is 5.84. The maximum atomic E-state index is 13.2. The zero-order valence-corrected chi connectivity index (χ0v) is 12.2. The monoisotopic (exact) mass is 277 g/mol. The summed E-state index contributed by atoms with van der Waals surface area (Å²) >= 11 is 0. The number of nitrogens with one attached hydrogen (secondary N) is 2. The molecule has 108 valence electrons. The van der Waals surface area contributed by atoms with Gasteiger partial charge < -0.3 is 10.6 Å². The maximum absolute atomic E-state index is 13.2. The highest BCUT2D eigenvalue weighted by Crippen LogP contribution is 2.15. The molecule has 1 amide bonds. The number of rotatable bonds is 5. The number of amides is 1. The minimum atomic E-state index is -0.567. The molecule has 20 heavy (non-hydrogen) atoms. The van der Waals surface area contributed by atoms with Crippen molar-refractivity contribution < 1.29 is 9.18 Å². The van der Waals surface area contributed by atoms with Crippen LogP contribution in [0.1, 0.15) is 39.7 Å². The highest BCUT2D eigenvalue weighted by atomic mass is 19.1. The third-order valence-corrected chi connectivity index (χ3v) is 3.21. The van der Waals surface area contributed by atoms with Crippen LogP contribution < -0.4 is 10.6 Å². The van der Waals surface area contributed by atoms with E-state index < -0.39 is 11.9 Å². The zero-order chi connectivity index (χ0) is 15.3. The Morgan fingerprint density at radius 1 is 1.50 bits per heavy atom. The smallest absolute Gasteiger partial charge is 0.242 e. The lowest BCUT2D eigenvalue weighted by molar-refractivity contribution is -0.123. The summed E-state index contributed by atoms with van der Waals surface area (Å²) in [6, 6.07) is 5.40. The number of carbonyl (C=O) groups excluding carboxylic acids is 1. The second kappa shape index (κ2) is 6.38. The summed E-state index contributed by atoms with van der Waals surface area (Å²) in [5.74, 6) is -0.707. The first-order valence-corrected chi connectivity index (χ1v) is 6.57. The molecular weight excluding hydrogens is 257 g/mol. The molecule has 0 heterocycles. The molecule has 5 heteroatoms. The Morgan fingerprint density at radius 2 is 2.15 bits per heavy atom. The number of carbonyl (C=O) groups is 1. The Hall–Kier alpha value is -2.09. The molecule has 0 spiro atoms.